The molecule has 3 fully saturated rings. The van der Waals surface area contributed by atoms with Crippen molar-refractivity contribution in [3.05, 3.63) is 24.3 Å². The van der Waals surface area contributed by atoms with Gasteiger partial charge < -0.3 is 14.9 Å². The fourth-order valence-corrected chi connectivity index (χ4v) is 6.31. The van der Waals surface area contributed by atoms with Crippen LogP contribution in [0.1, 0.15) is 33.1 Å². The Morgan fingerprint density at radius 3 is 2.68 bits per heavy atom. The van der Waals surface area contributed by atoms with Crippen molar-refractivity contribution in [1.29, 1.82) is 0 Å². The van der Waals surface area contributed by atoms with Crippen molar-refractivity contribution < 1.29 is 24.5 Å². The number of rotatable bonds is 1. The lowest BCUT2D eigenvalue weighted by molar-refractivity contribution is -0.215. The topological polar surface area (TPSA) is 83.8 Å². The fourth-order valence-electron chi connectivity index (χ4n) is 6.31. The summed E-state index contributed by atoms with van der Waals surface area (Å²) in [6, 6.07) is 0. The molecule has 1 heterocycles. The van der Waals surface area contributed by atoms with Crippen LogP contribution in [0, 0.1) is 34.0 Å². The van der Waals surface area contributed by atoms with Gasteiger partial charge in [-0.1, -0.05) is 26.5 Å². The van der Waals surface area contributed by atoms with Crippen molar-refractivity contribution in [3.8, 4) is 0 Å². The van der Waals surface area contributed by atoms with E-state index in [0.717, 1.165) is 6.42 Å². The summed E-state index contributed by atoms with van der Waals surface area (Å²) in [4.78, 5) is 26.0. The van der Waals surface area contributed by atoms with Gasteiger partial charge in [-0.15, -0.1) is 0 Å². The first-order valence-electron chi connectivity index (χ1n) is 9.10. The van der Waals surface area contributed by atoms with E-state index in [0.29, 0.717) is 18.4 Å². The van der Waals surface area contributed by atoms with Gasteiger partial charge in [-0.2, -0.15) is 0 Å². The number of ketones is 1. The Balaban J connectivity index is 1.92. The normalized spacial score (nSPS) is 47.8. The van der Waals surface area contributed by atoms with Gasteiger partial charge in [0.2, 0.25) is 0 Å². The minimum absolute atomic E-state index is 0.0139. The molecular formula is C20H26O5. The maximum Gasteiger partial charge on any atom is 0.315 e. The maximum atomic E-state index is 13.2. The monoisotopic (exact) mass is 346 g/mol. The average molecular weight is 346 g/mol. The number of fused-ring (bicyclic) bond motifs is 2. The van der Waals surface area contributed by atoms with Gasteiger partial charge >= 0.3 is 5.97 Å². The van der Waals surface area contributed by atoms with Crippen molar-refractivity contribution in [2.75, 3.05) is 13.2 Å². The highest BCUT2D eigenvalue weighted by atomic mass is 16.5. The summed E-state index contributed by atoms with van der Waals surface area (Å²) < 4.78 is 5.57. The zero-order chi connectivity index (χ0) is 18.2. The molecule has 1 saturated heterocycles. The average Bonchev–Trinajstić information content (AvgIpc) is 2.77. The molecule has 0 aromatic carbocycles. The molecule has 5 heteroatoms. The van der Waals surface area contributed by atoms with Crippen LogP contribution >= 0.6 is 0 Å². The number of ether oxygens (including phenoxy) is 1. The second-order valence-electron chi connectivity index (χ2n) is 8.92. The van der Waals surface area contributed by atoms with Crippen LogP contribution in [0.3, 0.4) is 0 Å². The molecule has 25 heavy (non-hydrogen) atoms. The van der Waals surface area contributed by atoms with Crippen LogP contribution in [-0.2, 0) is 14.3 Å². The third-order valence-electron chi connectivity index (χ3n) is 7.64. The van der Waals surface area contributed by atoms with E-state index in [1.54, 1.807) is 6.08 Å². The molecule has 6 unspecified atom stereocenters. The van der Waals surface area contributed by atoms with Crippen molar-refractivity contribution >= 4 is 11.8 Å². The van der Waals surface area contributed by atoms with Gasteiger partial charge in [-0.25, -0.2) is 0 Å². The van der Waals surface area contributed by atoms with Gasteiger partial charge in [-0.05, 0) is 48.2 Å². The van der Waals surface area contributed by atoms with Crippen LogP contribution in [0.15, 0.2) is 24.3 Å². The van der Waals surface area contributed by atoms with Crippen LogP contribution in [0.5, 0.6) is 0 Å². The number of cyclic esters (lactones) is 1. The Labute approximate surface area is 147 Å². The lowest BCUT2D eigenvalue weighted by Crippen LogP contribution is -2.66. The summed E-state index contributed by atoms with van der Waals surface area (Å²) in [6.45, 7) is 7.83. The summed E-state index contributed by atoms with van der Waals surface area (Å²) in [6.07, 6.45) is 4.43. The highest BCUT2D eigenvalue weighted by Gasteiger charge is 2.73. The van der Waals surface area contributed by atoms with E-state index in [1.165, 1.54) is 0 Å². The van der Waals surface area contributed by atoms with Crippen LogP contribution in [0.2, 0.25) is 0 Å². The molecule has 4 rings (SSSR count). The third kappa shape index (κ3) is 1.81. The van der Waals surface area contributed by atoms with Gasteiger partial charge in [0, 0.05) is 12.5 Å². The van der Waals surface area contributed by atoms with E-state index in [4.69, 9.17) is 4.74 Å². The van der Waals surface area contributed by atoms with Crippen molar-refractivity contribution in [2.45, 2.75) is 39.2 Å². The van der Waals surface area contributed by atoms with E-state index >= 15 is 0 Å². The number of esters is 1. The molecule has 2 bridgehead atoms. The first-order valence-corrected chi connectivity index (χ1v) is 9.10. The summed E-state index contributed by atoms with van der Waals surface area (Å²) in [5, 5.41) is 21.1. The Morgan fingerprint density at radius 1 is 1.28 bits per heavy atom. The highest BCUT2D eigenvalue weighted by Crippen LogP contribution is 2.67. The second kappa shape index (κ2) is 5.04. The van der Waals surface area contributed by atoms with Crippen LogP contribution < -0.4 is 0 Å². The highest BCUT2D eigenvalue weighted by molar-refractivity contribution is 5.98. The van der Waals surface area contributed by atoms with E-state index in [1.807, 2.05) is 19.9 Å². The van der Waals surface area contributed by atoms with Gasteiger partial charge in [0.25, 0.3) is 0 Å². The summed E-state index contributed by atoms with van der Waals surface area (Å²) in [7, 11) is 0. The fraction of sp³-hybridized carbons (Fsp3) is 0.700. The van der Waals surface area contributed by atoms with Crippen molar-refractivity contribution in [2.24, 2.45) is 34.0 Å². The quantitative estimate of drug-likeness (QED) is 0.557. The van der Waals surface area contributed by atoms with Crippen molar-refractivity contribution in [3.63, 3.8) is 0 Å². The third-order valence-corrected chi connectivity index (χ3v) is 7.64. The first kappa shape index (κ1) is 17.0. The maximum absolute atomic E-state index is 13.2. The molecule has 0 radical (unpaired) electrons. The summed E-state index contributed by atoms with van der Waals surface area (Å²) in [5.74, 6) is -1.09. The van der Waals surface area contributed by atoms with Crippen LogP contribution in [0.25, 0.3) is 0 Å². The Kier molecular flexibility index (Phi) is 3.42. The number of hydrogen-bond acceptors (Lipinski definition) is 5. The number of aliphatic hydroxyl groups is 2. The Bertz CT molecular complexity index is 692. The molecule has 6 atom stereocenters. The Morgan fingerprint density at radius 2 is 2.00 bits per heavy atom. The van der Waals surface area contributed by atoms with Gasteiger partial charge in [-0.3, -0.25) is 9.59 Å². The number of carbonyl (C=O) groups is 2. The van der Waals surface area contributed by atoms with E-state index in [9.17, 15) is 19.8 Å². The van der Waals surface area contributed by atoms with E-state index in [2.05, 4.69) is 6.58 Å². The van der Waals surface area contributed by atoms with Gasteiger partial charge in [0.05, 0.1) is 11.5 Å². The molecule has 2 spiro atoms. The largest absolute Gasteiger partial charge is 0.464 e. The minimum Gasteiger partial charge on any atom is -0.464 e. The van der Waals surface area contributed by atoms with Gasteiger partial charge in [0.15, 0.2) is 5.78 Å². The molecular weight excluding hydrogens is 320 g/mol. The summed E-state index contributed by atoms with van der Waals surface area (Å²) in [5.41, 5.74) is -1.78. The standard InChI is InChI=1S/C20H26O5/c1-11-12-4-5-13-19(8-12,16(11)23)17(24)25-10-20(13)14(9-21)18(2,3)7-6-15(20)22/h6-7,12-14,16,21,23H,1,4-5,8-10H2,2-3H3. The molecule has 4 aliphatic rings. The zero-order valence-corrected chi connectivity index (χ0v) is 14.8. The summed E-state index contributed by atoms with van der Waals surface area (Å²) >= 11 is 0. The number of hydrogen-bond donors (Lipinski definition) is 2. The molecule has 136 valence electrons. The second-order valence-corrected chi connectivity index (χ2v) is 8.92. The molecule has 3 aliphatic carbocycles. The molecule has 2 saturated carbocycles. The van der Waals surface area contributed by atoms with Crippen molar-refractivity contribution in [1.82, 2.24) is 0 Å². The van der Waals surface area contributed by atoms with E-state index in [-0.39, 0.29) is 36.8 Å². The molecule has 2 N–H and O–H groups in total. The molecule has 5 nitrogen and oxygen atoms in total. The first-order chi connectivity index (χ1) is 11.7. The molecule has 1 aliphatic heterocycles. The van der Waals surface area contributed by atoms with Crippen LogP contribution in [-0.4, -0.2) is 41.3 Å². The lowest BCUT2D eigenvalue weighted by atomic mass is 9.45. The molecule has 0 amide bonds. The smallest absolute Gasteiger partial charge is 0.315 e. The SMILES string of the molecule is C=C1C2CCC3C(C2)(C(=O)OCC32C(=O)C=CC(C)(C)C2CO)C1O. The minimum atomic E-state index is -1.09. The zero-order valence-electron chi connectivity index (χ0n) is 14.8. The molecule has 0 aromatic rings. The number of allylic oxidation sites excluding steroid dienone is 2. The van der Waals surface area contributed by atoms with E-state index < -0.39 is 28.3 Å². The van der Waals surface area contributed by atoms with Gasteiger partial charge in [0.1, 0.15) is 12.0 Å². The molecule has 0 aromatic heterocycles. The van der Waals surface area contributed by atoms with Crippen LogP contribution in [0.4, 0.5) is 0 Å². The number of carbonyl (C=O) groups excluding carboxylic acids is 2. The Hall–Kier alpha value is -1.46. The predicted octanol–water partition coefficient (Wildman–Crippen LogP) is 1.64. The predicted molar refractivity (Wildman–Crippen MR) is 90.3 cm³/mol. The lowest BCUT2D eigenvalue weighted by Gasteiger charge is -2.59. The number of aliphatic hydroxyl groups excluding tert-OH is 2.